The SMILES string of the molecule is N/N=C1/c2ccccc2-c2cccc(O)c21. The van der Waals surface area contributed by atoms with Crippen molar-refractivity contribution in [3.63, 3.8) is 0 Å². The van der Waals surface area contributed by atoms with E-state index in [1.54, 1.807) is 6.07 Å². The van der Waals surface area contributed by atoms with Crippen LogP contribution in [0.25, 0.3) is 11.1 Å². The molecule has 0 bridgehead atoms. The van der Waals surface area contributed by atoms with Gasteiger partial charge in [-0.3, -0.25) is 0 Å². The van der Waals surface area contributed by atoms with E-state index >= 15 is 0 Å². The van der Waals surface area contributed by atoms with Gasteiger partial charge in [0.2, 0.25) is 0 Å². The van der Waals surface area contributed by atoms with Gasteiger partial charge in [-0.05, 0) is 17.2 Å². The summed E-state index contributed by atoms with van der Waals surface area (Å²) in [7, 11) is 0. The lowest BCUT2D eigenvalue weighted by molar-refractivity contribution is 0.474. The highest BCUT2D eigenvalue weighted by atomic mass is 16.3. The maximum absolute atomic E-state index is 9.87. The minimum atomic E-state index is 0.220. The molecule has 2 aromatic rings. The molecule has 0 amide bonds. The van der Waals surface area contributed by atoms with Crippen molar-refractivity contribution in [2.24, 2.45) is 10.9 Å². The summed E-state index contributed by atoms with van der Waals surface area (Å²) in [5, 5.41) is 13.7. The summed E-state index contributed by atoms with van der Waals surface area (Å²) in [6, 6.07) is 13.3. The lowest BCUT2D eigenvalue weighted by Crippen LogP contribution is -2.01. The van der Waals surface area contributed by atoms with Gasteiger partial charge >= 0.3 is 0 Å². The first-order valence-electron chi connectivity index (χ1n) is 5.03. The summed E-state index contributed by atoms with van der Waals surface area (Å²) in [6.45, 7) is 0. The Labute approximate surface area is 92.8 Å². The third-order valence-electron chi connectivity index (χ3n) is 2.88. The fourth-order valence-electron chi connectivity index (χ4n) is 2.21. The second kappa shape index (κ2) is 3.10. The standard InChI is InChI=1S/C13H10N2O/c14-15-13-10-5-2-1-4-8(10)9-6-3-7-11(16)12(9)13/h1-7,16H,14H2/b15-13-. The molecule has 3 nitrogen and oxygen atoms in total. The van der Waals surface area contributed by atoms with E-state index in [9.17, 15) is 5.11 Å². The number of fused-ring (bicyclic) bond motifs is 3. The number of benzene rings is 2. The molecule has 0 fully saturated rings. The number of phenols is 1. The van der Waals surface area contributed by atoms with E-state index < -0.39 is 0 Å². The predicted octanol–water partition coefficient (Wildman–Crippen LogP) is 2.08. The molecule has 78 valence electrons. The Kier molecular flexibility index (Phi) is 1.74. The third kappa shape index (κ3) is 0.997. The average molecular weight is 210 g/mol. The zero-order valence-electron chi connectivity index (χ0n) is 8.51. The number of phenolic OH excluding ortho intramolecular Hbond substituents is 1. The Morgan fingerprint density at radius 3 is 2.31 bits per heavy atom. The van der Waals surface area contributed by atoms with Gasteiger partial charge in [0.25, 0.3) is 0 Å². The van der Waals surface area contributed by atoms with Crippen molar-refractivity contribution in [1.29, 1.82) is 0 Å². The minimum Gasteiger partial charge on any atom is -0.507 e. The second-order valence-corrected chi connectivity index (χ2v) is 3.72. The van der Waals surface area contributed by atoms with Gasteiger partial charge in [-0.2, -0.15) is 5.10 Å². The van der Waals surface area contributed by atoms with Crippen LogP contribution < -0.4 is 5.84 Å². The molecule has 0 heterocycles. The van der Waals surface area contributed by atoms with E-state index in [1.165, 1.54) is 0 Å². The Morgan fingerprint density at radius 2 is 1.56 bits per heavy atom. The van der Waals surface area contributed by atoms with E-state index in [2.05, 4.69) is 5.10 Å². The molecule has 0 saturated carbocycles. The molecule has 3 rings (SSSR count). The van der Waals surface area contributed by atoms with Gasteiger partial charge in [-0.25, -0.2) is 0 Å². The Balaban J connectivity index is 2.44. The highest BCUT2D eigenvalue weighted by Crippen LogP contribution is 2.40. The molecular formula is C13H10N2O. The van der Waals surface area contributed by atoms with Crippen molar-refractivity contribution in [3.8, 4) is 16.9 Å². The smallest absolute Gasteiger partial charge is 0.125 e. The molecule has 0 atom stereocenters. The van der Waals surface area contributed by atoms with E-state index in [1.807, 2.05) is 36.4 Å². The monoisotopic (exact) mass is 210 g/mol. The van der Waals surface area contributed by atoms with Crippen molar-refractivity contribution < 1.29 is 5.11 Å². The van der Waals surface area contributed by atoms with Crippen LogP contribution in [0.4, 0.5) is 0 Å². The van der Waals surface area contributed by atoms with E-state index in [0.29, 0.717) is 5.71 Å². The molecular weight excluding hydrogens is 200 g/mol. The van der Waals surface area contributed by atoms with Gasteiger partial charge < -0.3 is 10.9 Å². The van der Waals surface area contributed by atoms with E-state index in [0.717, 1.165) is 22.3 Å². The van der Waals surface area contributed by atoms with Crippen LogP contribution in [0, 0.1) is 0 Å². The average Bonchev–Trinajstić information content (AvgIpc) is 2.65. The number of hydrogen-bond acceptors (Lipinski definition) is 3. The maximum Gasteiger partial charge on any atom is 0.125 e. The van der Waals surface area contributed by atoms with E-state index in [4.69, 9.17) is 5.84 Å². The molecule has 2 aromatic carbocycles. The molecule has 0 radical (unpaired) electrons. The Hall–Kier alpha value is -2.29. The number of nitrogens with zero attached hydrogens (tertiary/aromatic N) is 1. The van der Waals surface area contributed by atoms with Gasteiger partial charge in [0, 0.05) is 5.56 Å². The Morgan fingerprint density at radius 1 is 0.875 bits per heavy atom. The van der Waals surface area contributed by atoms with Gasteiger partial charge in [0.15, 0.2) is 0 Å². The van der Waals surface area contributed by atoms with Crippen molar-refractivity contribution in [1.82, 2.24) is 0 Å². The number of hydrazone groups is 1. The largest absolute Gasteiger partial charge is 0.507 e. The zero-order valence-corrected chi connectivity index (χ0v) is 8.51. The summed E-state index contributed by atoms with van der Waals surface area (Å²) >= 11 is 0. The molecule has 0 unspecified atom stereocenters. The van der Waals surface area contributed by atoms with Crippen LogP contribution in [0.1, 0.15) is 11.1 Å². The molecule has 3 heteroatoms. The maximum atomic E-state index is 9.87. The summed E-state index contributed by atoms with van der Waals surface area (Å²) < 4.78 is 0. The lowest BCUT2D eigenvalue weighted by Gasteiger charge is -2.01. The van der Waals surface area contributed by atoms with Crippen molar-refractivity contribution in [3.05, 3.63) is 53.6 Å². The molecule has 1 aliphatic rings. The highest BCUT2D eigenvalue weighted by Gasteiger charge is 2.26. The van der Waals surface area contributed by atoms with Crippen LogP contribution in [-0.2, 0) is 0 Å². The third-order valence-corrected chi connectivity index (χ3v) is 2.88. The molecule has 0 aliphatic heterocycles. The van der Waals surface area contributed by atoms with E-state index in [-0.39, 0.29) is 5.75 Å². The molecule has 0 saturated heterocycles. The summed E-state index contributed by atoms with van der Waals surface area (Å²) in [5.74, 6) is 5.63. The summed E-state index contributed by atoms with van der Waals surface area (Å²) in [4.78, 5) is 0. The first kappa shape index (κ1) is 8.97. The van der Waals surface area contributed by atoms with Gasteiger partial charge in [-0.15, -0.1) is 0 Å². The van der Waals surface area contributed by atoms with Crippen LogP contribution in [0.3, 0.4) is 0 Å². The van der Waals surface area contributed by atoms with Crippen LogP contribution in [-0.4, -0.2) is 10.8 Å². The lowest BCUT2D eigenvalue weighted by atomic mass is 10.1. The quantitative estimate of drug-likeness (QED) is 0.441. The normalized spacial score (nSPS) is 14.9. The van der Waals surface area contributed by atoms with Crippen LogP contribution in [0.2, 0.25) is 0 Å². The first-order valence-corrected chi connectivity index (χ1v) is 5.03. The van der Waals surface area contributed by atoms with Crippen molar-refractivity contribution in [2.45, 2.75) is 0 Å². The topological polar surface area (TPSA) is 58.6 Å². The molecule has 1 aliphatic carbocycles. The first-order chi connectivity index (χ1) is 7.83. The molecule has 0 spiro atoms. The second-order valence-electron chi connectivity index (χ2n) is 3.72. The minimum absolute atomic E-state index is 0.220. The number of rotatable bonds is 0. The fraction of sp³-hybridized carbons (Fsp3) is 0. The Bertz CT molecular complexity index is 603. The summed E-state index contributed by atoms with van der Waals surface area (Å²) in [6.07, 6.45) is 0. The molecule has 3 N–H and O–H groups in total. The summed E-state index contributed by atoms with van der Waals surface area (Å²) in [5.41, 5.74) is 4.41. The highest BCUT2D eigenvalue weighted by molar-refractivity contribution is 6.25. The van der Waals surface area contributed by atoms with Gasteiger partial charge in [0.05, 0.1) is 5.56 Å². The number of nitrogens with two attached hydrogens (primary N) is 1. The van der Waals surface area contributed by atoms with Gasteiger partial charge in [-0.1, -0.05) is 36.4 Å². The predicted molar refractivity (Wildman–Crippen MR) is 63.4 cm³/mol. The van der Waals surface area contributed by atoms with Crippen molar-refractivity contribution >= 4 is 5.71 Å². The van der Waals surface area contributed by atoms with Crippen LogP contribution in [0.5, 0.6) is 5.75 Å². The van der Waals surface area contributed by atoms with Crippen LogP contribution in [0.15, 0.2) is 47.6 Å². The molecule has 0 aromatic heterocycles. The zero-order chi connectivity index (χ0) is 11.1. The molecule has 16 heavy (non-hydrogen) atoms. The van der Waals surface area contributed by atoms with Crippen LogP contribution >= 0.6 is 0 Å². The fourth-order valence-corrected chi connectivity index (χ4v) is 2.21. The number of aromatic hydroxyl groups is 1. The van der Waals surface area contributed by atoms with Gasteiger partial charge in [0.1, 0.15) is 11.5 Å². The number of hydrogen-bond donors (Lipinski definition) is 2. The van der Waals surface area contributed by atoms with Crippen molar-refractivity contribution in [2.75, 3.05) is 0 Å².